The summed E-state index contributed by atoms with van der Waals surface area (Å²) >= 11 is 0. The van der Waals surface area contributed by atoms with Crippen molar-refractivity contribution in [3.05, 3.63) is 29.8 Å². The van der Waals surface area contributed by atoms with E-state index in [1.807, 2.05) is 32.0 Å². The molecular weight excluding hydrogens is 186 g/mol. The predicted octanol–water partition coefficient (Wildman–Crippen LogP) is 3.23. The fraction of sp³-hybridized carbons (Fsp3) is 0.462. The van der Waals surface area contributed by atoms with Gasteiger partial charge < -0.3 is 5.32 Å². The van der Waals surface area contributed by atoms with Crippen LogP contribution in [0.15, 0.2) is 24.3 Å². The first-order chi connectivity index (χ1) is 7.17. The lowest BCUT2D eigenvalue weighted by atomic mass is 10.1. The maximum atomic E-state index is 11.6. The van der Waals surface area contributed by atoms with Gasteiger partial charge in [-0.2, -0.15) is 0 Å². The minimum atomic E-state index is 0.0790. The van der Waals surface area contributed by atoms with E-state index in [-0.39, 0.29) is 11.8 Å². The predicted molar refractivity (Wildman–Crippen MR) is 63.9 cm³/mol. The van der Waals surface area contributed by atoms with E-state index in [0.29, 0.717) is 0 Å². The van der Waals surface area contributed by atoms with Crippen molar-refractivity contribution < 1.29 is 4.79 Å². The van der Waals surface area contributed by atoms with Crippen molar-refractivity contribution in [2.75, 3.05) is 5.32 Å². The highest BCUT2D eigenvalue weighted by molar-refractivity contribution is 5.92. The average Bonchev–Trinajstić information content (AvgIpc) is 2.28. The molecule has 0 radical (unpaired) electrons. The van der Waals surface area contributed by atoms with Crippen LogP contribution in [0.3, 0.4) is 0 Å². The summed E-state index contributed by atoms with van der Waals surface area (Å²) < 4.78 is 0. The zero-order valence-electron chi connectivity index (χ0n) is 9.71. The molecule has 1 amide bonds. The normalized spacial score (nSPS) is 12.2. The second kappa shape index (κ2) is 5.54. The molecule has 0 bridgehead atoms. The van der Waals surface area contributed by atoms with Crippen LogP contribution in [0.2, 0.25) is 0 Å². The molecule has 2 nitrogen and oxygen atoms in total. The summed E-state index contributed by atoms with van der Waals surface area (Å²) in [6, 6.07) is 8.00. The van der Waals surface area contributed by atoms with Crippen molar-refractivity contribution in [3.63, 3.8) is 0 Å². The van der Waals surface area contributed by atoms with E-state index < -0.39 is 0 Å². The maximum Gasteiger partial charge on any atom is 0.227 e. The van der Waals surface area contributed by atoms with E-state index in [0.717, 1.165) is 18.5 Å². The molecule has 0 aliphatic carbocycles. The molecular formula is C13H19NO. The fourth-order valence-corrected chi connectivity index (χ4v) is 1.32. The SMILES string of the molecule is CCc1cccc(NC(=O)C(C)CC)c1. The Balaban J connectivity index is 2.68. The van der Waals surface area contributed by atoms with Gasteiger partial charge >= 0.3 is 0 Å². The standard InChI is InChI=1S/C13H19NO/c1-4-10(3)13(15)14-12-8-6-7-11(5-2)9-12/h6-10H,4-5H2,1-3H3,(H,14,15). The number of carbonyl (C=O) groups is 1. The van der Waals surface area contributed by atoms with Crippen LogP contribution >= 0.6 is 0 Å². The van der Waals surface area contributed by atoms with Gasteiger partial charge in [-0.25, -0.2) is 0 Å². The second-order valence-electron chi connectivity index (χ2n) is 3.85. The molecule has 1 aromatic carbocycles. The molecule has 0 heterocycles. The maximum absolute atomic E-state index is 11.6. The molecule has 0 aliphatic rings. The van der Waals surface area contributed by atoms with Crippen molar-refractivity contribution in [2.24, 2.45) is 5.92 Å². The smallest absolute Gasteiger partial charge is 0.227 e. The number of carbonyl (C=O) groups excluding carboxylic acids is 1. The second-order valence-corrected chi connectivity index (χ2v) is 3.85. The Hall–Kier alpha value is -1.31. The first-order valence-electron chi connectivity index (χ1n) is 5.57. The largest absolute Gasteiger partial charge is 0.326 e. The lowest BCUT2D eigenvalue weighted by Gasteiger charge is -2.10. The Labute approximate surface area is 91.7 Å². The Morgan fingerprint density at radius 1 is 1.40 bits per heavy atom. The van der Waals surface area contributed by atoms with Crippen LogP contribution < -0.4 is 5.32 Å². The molecule has 0 fully saturated rings. The van der Waals surface area contributed by atoms with E-state index in [4.69, 9.17) is 0 Å². The highest BCUT2D eigenvalue weighted by Crippen LogP contribution is 2.13. The molecule has 1 N–H and O–H groups in total. The Kier molecular flexibility index (Phi) is 4.35. The topological polar surface area (TPSA) is 29.1 Å². The number of aryl methyl sites for hydroxylation is 1. The number of benzene rings is 1. The summed E-state index contributed by atoms with van der Waals surface area (Å²) in [5.74, 6) is 0.182. The van der Waals surface area contributed by atoms with Crippen molar-refractivity contribution in [3.8, 4) is 0 Å². The zero-order valence-corrected chi connectivity index (χ0v) is 9.71. The summed E-state index contributed by atoms with van der Waals surface area (Å²) in [5.41, 5.74) is 2.15. The van der Waals surface area contributed by atoms with Crippen molar-refractivity contribution >= 4 is 11.6 Å². The quantitative estimate of drug-likeness (QED) is 0.803. The van der Waals surface area contributed by atoms with Gasteiger partial charge in [-0.05, 0) is 30.5 Å². The lowest BCUT2D eigenvalue weighted by Crippen LogP contribution is -2.19. The summed E-state index contributed by atoms with van der Waals surface area (Å²) in [6.07, 6.45) is 1.87. The number of hydrogen-bond donors (Lipinski definition) is 1. The van der Waals surface area contributed by atoms with Crippen LogP contribution in [0.5, 0.6) is 0 Å². The van der Waals surface area contributed by atoms with Gasteiger partial charge in [0.25, 0.3) is 0 Å². The molecule has 0 saturated carbocycles. The van der Waals surface area contributed by atoms with Crippen molar-refractivity contribution in [1.29, 1.82) is 0 Å². The molecule has 15 heavy (non-hydrogen) atoms. The summed E-state index contributed by atoms with van der Waals surface area (Å²) in [5, 5.41) is 2.93. The summed E-state index contributed by atoms with van der Waals surface area (Å²) in [6.45, 7) is 6.07. The molecule has 1 rings (SSSR count). The number of nitrogens with one attached hydrogen (secondary N) is 1. The van der Waals surface area contributed by atoms with Gasteiger partial charge in [0.2, 0.25) is 5.91 Å². The molecule has 0 saturated heterocycles. The number of amides is 1. The summed E-state index contributed by atoms with van der Waals surface area (Å²) in [7, 11) is 0. The van der Waals surface area contributed by atoms with Crippen LogP contribution in [0.1, 0.15) is 32.8 Å². The Morgan fingerprint density at radius 2 is 2.13 bits per heavy atom. The summed E-state index contributed by atoms with van der Waals surface area (Å²) in [4.78, 5) is 11.6. The highest BCUT2D eigenvalue weighted by Gasteiger charge is 2.10. The zero-order chi connectivity index (χ0) is 11.3. The molecule has 0 aliphatic heterocycles. The first kappa shape index (κ1) is 11.8. The van der Waals surface area contributed by atoms with E-state index in [9.17, 15) is 4.79 Å². The minimum absolute atomic E-state index is 0.0790. The van der Waals surface area contributed by atoms with Crippen LogP contribution in [-0.4, -0.2) is 5.91 Å². The van der Waals surface area contributed by atoms with Crippen LogP contribution in [0.25, 0.3) is 0 Å². The van der Waals surface area contributed by atoms with E-state index in [2.05, 4.69) is 18.3 Å². The van der Waals surface area contributed by atoms with E-state index in [1.165, 1.54) is 5.56 Å². The van der Waals surface area contributed by atoms with Crippen LogP contribution in [-0.2, 0) is 11.2 Å². The molecule has 1 aromatic rings. The molecule has 1 unspecified atom stereocenters. The molecule has 0 spiro atoms. The van der Waals surface area contributed by atoms with Gasteiger partial charge in [-0.1, -0.05) is 32.9 Å². The number of anilines is 1. The fourth-order valence-electron chi connectivity index (χ4n) is 1.32. The van der Waals surface area contributed by atoms with Gasteiger partial charge in [-0.15, -0.1) is 0 Å². The third-order valence-electron chi connectivity index (χ3n) is 2.66. The van der Waals surface area contributed by atoms with Crippen LogP contribution in [0.4, 0.5) is 5.69 Å². The van der Waals surface area contributed by atoms with Gasteiger partial charge in [-0.3, -0.25) is 4.79 Å². The number of rotatable bonds is 4. The minimum Gasteiger partial charge on any atom is -0.326 e. The average molecular weight is 205 g/mol. The third-order valence-corrected chi connectivity index (χ3v) is 2.66. The molecule has 1 atom stereocenters. The first-order valence-corrected chi connectivity index (χ1v) is 5.57. The van der Waals surface area contributed by atoms with E-state index >= 15 is 0 Å². The van der Waals surface area contributed by atoms with Gasteiger partial charge in [0, 0.05) is 11.6 Å². The monoisotopic (exact) mass is 205 g/mol. The molecule has 82 valence electrons. The van der Waals surface area contributed by atoms with Crippen molar-refractivity contribution in [1.82, 2.24) is 0 Å². The highest BCUT2D eigenvalue weighted by atomic mass is 16.1. The molecule has 2 heteroatoms. The van der Waals surface area contributed by atoms with Crippen LogP contribution in [0, 0.1) is 5.92 Å². The Morgan fingerprint density at radius 3 is 2.73 bits per heavy atom. The van der Waals surface area contributed by atoms with Gasteiger partial charge in [0.05, 0.1) is 0 Å². The van der Waals surface area contributed by atoms with E-state index in [1.54, 1.807) is 0 Å². The van der Waals surface area contributed by atoms with Crippen molar-refractivity contribution in [2.45, 2.75) is 33.6 Å². The van der Waals surface area contributed by atoms with Gasteiger partial charge in [0.1, 0.15) is 0 Å². The lowest BCUT2D eigenvalue weighted by molar-refractivity contribution is -0.119. The number of hydrogen-bond acceptors (Lipinski definition) is 1. The Bertz CT molecular complexity index is 333. The van der Waals surface area contributed by atoms with Gasteiger partial charge in [0.15, 0.2) is 0 Å². The third kappa shape index (κ3) is 3.39. The molecule has 0 aromatic heterocycles.